The predicted molar refractivity (Wildman–Crippen MR) is 78.6 cm³/mol. The SMILES string of the molecule is CC(C)CN(CC(=O)O)C(=O)NC1CCCC(C)(C)C1. The molecule has 1 aliphatic carbocycles. The van der Waals surface area contributed by atoms with Gasteiger partial charge in [0.1, 0.15) is 6.54 Å². The van der Waals surface area contributed by atoms with Crippen LogP contribution in [0, 0.1) is 11.3 Å². The van der Waals surface area contributed by atoms with E-state index in [1.54, 1.807) is 0 Å². The predicted octanol–water partition coefficient (Wildman–Crippen LogP) is 2.71. The minimum atomic E-state index is -0.968. The van der Waals surface area contributed by atoms with Crippen LogP contribution in [0.15, 0.2) is 0 Å². The first-order valence-electron chi connectivity index (χ1n) is 7.47. The van der Waals surface area contributed by atoms with E-state index in [9.17, 15) is 9.59 Å². The van der Waals surface area contributed by atoms with Gasteiger partial charge in [-0.3, -0.25) is 4.79 Å². The van der Waals surface area contributed by atoms with E-state index in [1.165, 1.54) is 11.3 Å². The van der Waals surface area contributed by atoms with Gasteiger partial charge in [-0.05, 0) is 30.6 Å². The Kier molecular flexibility index (Phi) is 5.84. The smallest absolute Gasteiger partial charge is 0.323 e. The molecule has 0 heterocycles. The minimum Gasteiger partial charge on any atom is -0.480 e. The maximum atomic E-state index is 12.2. The fraction of sp³-hybridized carbons (Fsp3) is 0.867. The Balaban J connectivity index is 2.58. The fourth-order valence-corrected chi connectivity index (χ4v) is 2.91. The number of carboxylic acid groups (broad SMARTS) is 1. The van der Waals surface area contributed by atoms with Crippen molar-refractivity contribution in [3.05, 3.63) is 0 Å². The lowest BCUT2D eigenvalue weighted by atomic mass is 9.75. The second kappa shape index (κ2) is 6.95. The fourth-order valence-electron chi connectivity index (χ4n) is 2.91. The third-order valence-electron chi connectivity index (χ3n) is 3.73. The van der Waals surface area contributed by atoms with Gasteiger partial charge in [0.15, 0.2) is 0 Å². The van der Waals surface area contributed by atoms with Crippen LogP contribution in [0.25, 0.3) is 0 Å². The molecule has 0 aromatic carbocycles. The summed E-state index contributed by atoms with van der Waals surface area (Å²) in [4.78, 5) is 24.5. The Morgan fingerprint density at radius 2 is 2.05 bits per heavy atom. The first kappa shape index (κ1) is 16.8. The van der Waals surface area contributed by atoms with Crippen LogP contribution in [0.4, 0.5) is 4.79 Å². The number of hydrogen-bond donors (Lipinski definition) is 2. The van der Waals surface area contributed by atoms with E-state index in [0.717, 1.165) is 19.3 Å². The summed E-state index contributed by atoms with van der Waals surface area (Å²) in [6, 6.07) is -0.0847. The number of carboxylic acids is 1. The van der Waals surface area contributed by atoms with E-state index < -0.39 is 5.97 Å². The standard InChI is InChI=1S/C15H28N2O3/c1-11(2)9-17(10-13(18)19)14(20)16-12-6-5-7-15(3,4)8-12/h11-12H,5-10H2,1-4H3,(H,16,20)(H,18,19). The number of hydrogen-bond acceptors (Lipinski definition) is 2. The maximum absolute atomic E-state index is 12.2. The number of carbonyl (C=O) groups is 2. The third kappa shape index (κ3) is 5.80. The summed E-state index contributed by atoms with van der Waals surface area (Å²) in [5.74, 6) is -0.715. The van der Waals surface area contributed by atoms with E-state index in [4.69, 9.17) is 5.11 Å². The van der Waals surface area contributed by atoms with Gasteiger partial charge in [0.25, 0.3) is 0 Å². The molecule has 0 aromatic rings. The van der Waals surface area contributed by atoms with Crippen molar-refractivity contribution in [2.75, 3.05) is 13.1 Å². The van der Waals surface area contributed by atoms with Crippen LogP contribution in [0.1, 0.15) is 53.4 Å². The molecule has 5 nitrogen and oxygen atoms in total. The first-order valence-corrected chi connectivity index (χ1v) is 7.47. The molecule has 5 heteroatoms. The molecule has 0 aliphatic heterocycles. The molecule has 0 saturated heterocycles. The Morgan fingerprint density at radius 3 is 2.55 bits per heavy atom. The Morgan fingerprint density at radius 1 is 1.40 bits per heavy atom. The number of urea groups is 1. The van der Waals surface area contributed by atoms with Crippen LogP contribution < -0.4 is 5.32 Å². The van der Waals surface area contributed by atoms with E-state index in [2.05, 4.69) is 19.2 Å². The lowest BCUT2D eigenvalue weighted by Crippen LogP contribution is -2.49. The van der Waals surface area contributed by atoms with Crippen LogP contribution >= 0.6 is 0 Å². The maximum Gasteiger partial charge on any atom is 0.323 e. The molecule has 0 spiro atoms. The second-order valence-corrected chi connectivity index (χ2v) is 7.08. The molecule has 1 aliphatic rings. The van der Waals surface area contributed by atoms with Crippen LogP contribution in [0.2, 0.25) is 0 Å². The molecule has 20 heavy (non-hydrogen) atoms. The van der Waals surface area contributed by atoms with Crippen molar-refractivity contribution >= 4 is 12.0 Å². The number of amides is 2. The second-order valence-electron chi connectivity index (χ2n) is 7.08. The van der Waals surface area contributed by atoms with Crippen LogP contribution in [-0.2, 0) is 4.79 Å². The van der Waals surface area contributed by atoms with Crippen LogP contribution in [0.3, 0.4) is 0 Å². The summed E-state index contributed by atoms with van der Waals surface area (Å²) >= 11 is 0. The van der Waals surface area contributed by atoms with Crippen molar-refractivity contribution < 1.29 is 14.7 Å². The molecule has 0 aromatic heterocycles. The molecule has 1 fully saturated rings. The highest BCUT2D eigenvalue weighted by atomic mass is 16.4. The Hall–Kier alpha value is -1.26. The lowest BCUT2D eigenvalue weighted by Gasteiger charge is -2.36. The topological polar surface area (TPSA) is 69.6 Å². The van der Waals surface area contributed by atoms with Gasteiger partial charge in [-0.25, -0.2) is 4.79 Å². The molecule has 2 amide bonds. The van der Waals surface area contributed by atoms with Crippen molar-refractivity contribution in [1.82, 2.24) is 10.2 Å². The van der Waals surface area contributed by atoms with Crippen LogP contribution in [0.5, 0.6) is 0 Å². The van der Waals surface area contributed by atoms with E-state index in [0.29, 0.717) is 6.54 Å². The van der Waals surface area contributed by atoms with Gasteiger partial charge in [-0.1, -0.05) is 34.1 Å². The largest absolute Gasteiger partial charge is 0.480 e. The van der Waals surface area contributed by atoms with Crippen LogP contribution in [-0.4, -0.2) is 41.1 Å². The monoisotopic (exact) mass is 284 g/mol. The Labute approximate surface area is 121 Å². The molecule has 1 rings (SSSR count). The third-order valence-corrected chi connectivity index (χ3v) is 3.73. The van der Waals surface area contributed by atoms with Crippen molar-refractivity contribution in [1.29, 1.82) is 0 Å². The molecular formula is C15H28N2O3. The van der Waals surface area contributed by atoms with Crippen molar-refractivity contribution in [3.8, 4) is 0 Å². The highest BCUT2D eigenvalue weighted by Crippen LogP contribution is 2.35. The van der Waals surface area contributed by atoms with Gasteiger partial charge in [0.05, 0.1) is 0 Å². The molecule has 0 radical (unpaired) electrons. The average molecular weight is 284 g/mol. The van der Waals surface area contributed by atoms with Crippen molar-refractivity contribution in [2.45, 2.75) is 59.4 Å². The quantitative estimate of drug-likeness (QED) is 0.815. The summed E-state index contributed by atoms with van der Waals surface area (Å²) in [6.45, 7) is 8.62. The zero-order valence-electron chi connectivity index (χ0n) is 13.1. The highest BCUT2D eigenvalue weighted by molar-refractivity contribution is 5.80. The number of rotatable bonds is 5. The summed E-state index contributed by atoms with van der Waals surface area (Å²) < 4.78 is 0. The first-order chi connectivity index (χ1) is 9.19. The molecule has 116 valence electrons. The van der Waals surface area contributed by atoms with E-state index in [1.807, 2.05) is 13.8 Å². The molecule has 1 saturated carbocycles. The number of nitrogens with one attached hydrogen (secondary N) is 1. The summed E-state index contributed by atoms with van der Waals surface area (Å²) in [6.07, 6.45) is 4.24. The van der Waals surface area contributed by atoms with E-state index >= 15 is 0 Å². The zero-order valence-corrected chi connectivity index (χ0v) is 13.1. The summed E-state index contributed by atoms with van der Waals surface area (Å²) in [5, 5.41) is 11.9. The normalized spacial score (nSPS) is 21.6. The minimum absolute atomic E-state index is 0.162. The van der Waals surface area contributed by atoms with Gasteiger partial charge in [0.2, 0.25) is 0 Å². The molecule has 1 unspecified atom stereocenters. The van der Waals surface area contributed by atoms with Gasteiger partial charge < -0.3 is 15.3 Å². The number of aliphatic carboxylic acids is 1. The highest BCUT2D eigenvalue weighted by Gasteiger charge is 2.30. The van der Waals surface area contributed by atoms with Gasteiger partial charge in [-0.15, -0.1) is 0 Å². The van der Waals surface area contributed by atoms with Gasteiger partial charge >= 0.3 is 12.0 Å². The molecule has 1 atom stereocenters. The molecule has 0 bridgehead atoms. The van der Waals surface area contributed by atoms with Gasteiger partial charge in [-0.2, -0.15) is 0 Å². The average Bonchev–Trinajstić information content (AvgIpc) is 2.25. The van der Waals surface area contributed by atoms with Gasteiger partial charge in [0, 0.05) is 12.6 Å². The molecular weight excluding hydrogens is 256 g/mol. The van der Waals surface area contributed by atoms with Crippen molar-refractivity contribution in [3.63, 3.8) is 0 Å². The van der Waals surface area contributed by atoms with E-state index in [-0.39, 0.29) is 30.0 Å². The summed E-state index contributed by atoms with van der Waals surface area (Å²) in [7, 11) is 0. The number of nitrogens with zero attached hydrogens (tertiary/aromatic N) is 1. The summed E-state index contributed by atoms with van der Waals surface area (Å²) in [5.41, 5.74) is 0.256. The van der Waals surface area contributed by atoms with Crippen molar-refractivity contribution in [2.24, 2.45) is 11.3 Å². The zero-order chi connectivity index (χ0) is 15.3. The number of carbonyl (C=O) groups excluding carboxylic acids is 1. The lowest BCUT2D eigenvalue weighted by molar-refractivity contribution is -0.137. The Bertz CT molecular complexity index is 353. The molecule has 2 N–H and O–H groups in total.